The highest BCUT2D eigenvalue weighted by atomic mass is 16.5. The van der Waals surface area contributed by atoms with E-state index in [9.17, 15) is 9.59 Å². The molecule has 6 heteroatoms. The molecule has 0 spiro atoms. The Labute approximate surface area is 141 Å². The SMILES string of the molecule is COC(=O)c1[nH]c2ccccc2c1NC(=O)[C@H](C)[NH+]1CCCCC1. The first kappa shape index (κ1) is 16.5. The third-order valence-corrected chi connectivity index (χ3v) is 4.85. The summed E-state index contributed by atoms with van der Waals surface area (Å²) in [6, 6.07) is 7.37. The number of hydrogen-bond acceptors (Lipinski definition) is 3. The van der Waals surface area contributed by atoms with Crippen LogP contribution in [0.5, 0.6) is 0 Å². The number of H-pyrrole nitrogens is 1. The number of carbonyl (C=O) groups excluding carboxylic acids is 2. The molecule has 3 rings (SSSR count). The maximum absolute atomic E-state index is 12.7. The zero-order valence-electron chi connectivity index (χ0n) is 14.1. The van der Waals surface area contributed by atoms with Gasteiger partial charge < -0.3 is 19.9 Å². The van der Waals surface area contributed by atoms with Crippen molar-refractivity contribution < 1.29 is 19.2 Å². The fourth-order valence-corrected chi connectivity index (χ4v) is 3.38. The number of hydrogen-bond donors (Lipinski definition) is 3. The number of aromatic amines is 1. The lowest BCUT2D eigenvalue weighted by Gasteiger charge is -2.28. The van der Waals surface area contributed by atoms with Gasteiger partial charge in [0, 0.05) is 10.9 Å². The summed E-state index contributed by atoms with van der Waals surface area (Å²) < 4.78 is 4.84. The van der Waals surface area contributed by atoms with Crippen LogP contribution in [0.1, 0.15) is 36.7 Å². The van der Waals surface area contributed by atoms with Crippen LogP contribution in [0.4, 0.5) is 5.69 Å². The number of nitrogens with one attached hydrogen (secondary N) is 3. The van der Waals surface area contributed by atoms with E-state index in [1.54, 1.807) is 0 Å². The van der Waals surface area contributed by atoms with Crippen LogP contribution >= 0.6 is 0 Å². The van der Waals surface area contributed by atoms with Crippen molar-refractivity contribution in [2.24, 2.45) is 0 Å². The van der Waals surface area contributed by atoms with Gasteiger partial charge in [-0.05, 0) is 32.3 Å². The molecule has 1 amide bonds. The number of methoxy groups -OCH3 is 1. The molecule has 1 aliphatic heterocycles. The van der Waals surface area contributed by atoms with Crippen LogP contribution in [0.2, 0.25) is 0 Å². The van der Waals surface area contributed by atoms with E-state index in [4.69, 9.17) is 4.74 Å². The Bertz CT molecular complexity index is 747. The van der Waals surface area contributed by atoms with E-state index in [0.29, 0.717) is 5.69 Å². The average molecular weight is 330 g/mol. The molecule has 1 atom stereocenters. The number of benzene rings is 1. The molecule has 2 heterocycles. The van der Waals surface area contributed by atoms with Gasteiger partial charge in [-0.25, -0.2) is 4.79 Å². The third kappa shape index (κ3) is 3.14. The highest BCUT2D eigenvalue weighted by Gasteiger charge is 2.28. The summed E-state index contributed by atoms with van der Waals surface area (Å²) in [6.45, 7) is 3.99. The van der Waals surface area contributed by atoms with Crippen molar-refractivity contribution in [2.75, 3.05) is 25.5 Å². The zero-order chi connectivity index (χ0) is 17.1. The molecule has 6 nitrogen and oxygen atoms in total. The molecule has 1 saturated heterocycles. The normalized spacial score (nSPS) is 16.8. The van der Waals surface area contributed by atoms with Crippen LogP contribution in [-0.2, 0) is 9.53 Å². The summed E-state index contributed by atoms with van der Waals surface area (Å²) in [5.41, 5.74) is 1.59. The number of quaternary nitrogens is 1. The summed E-state index contributed by atoms with van der Waals surface area (Å²) >= 11 is 0. The van der Waals surface area contributed by atoms with Crippen LogP contribution in [0.3, 0.4) is 0 Å². The first-order valence-electron chi connectivity index (χ1n) is 8.46. The van der Waals surface area contributed by atoms with Crippen molar-refractivity contribution in [3.05, 3.63) is 30.0 Å². The molecule has 0 saturated carbocycles. The van der Waals surface area contributed by atoms with Crippen molar-refractivity contribution >= 4 is 28.5 Å². The monoisotopic (exact) mass is 330 g/mol. The number of carbonyl (C=O) groups is 2. The molecule has 2 aromatic rings. The molecule has 1 aromatic heterocycles. The first-order chi connectivity index (χ1) is 11.6. The number of amides is 1. The highest BCUT2D eigenvalue weighted by molar-refractivity contribution is 6.11. The maximum atomic E-state index is 12.7. The fraction of sp³-hybridized carbons (Fsp3) is 0.444. The van der Waals surface area contributed by atoms with Crippen molar-refractivity contribution in [3.8, 4) is 0 Å². The second kappa shape index (κ2) is 7.05. The Kier molecular flexibility index (Phi) is 4.85. The molecular formula is C18H24N3O3+. The van der Waals surface area contributed by atoms with Gasteiger partial charge in [0.1, 0.15) is 5.69 Å². The van der Waals surface area contributed by atoms with Gasteiger partial charge in [0.2, 0.25) is 0 Å². The standard InChI is InChI=1S/C18H23N3O3/c1-12(21-10-6-3-7-11-21)17(22)20-15-13-8-4-5-9-14(13)19-16(15)18(23)24-2/h4-5,8-9,12,19H,3,6-7,10-11H2,1-2H3,(H,20,22)/p+1/t12-/m0/s1. The molecule has 0 bridgehead atoms. The van der Waals surface area contributed by atoms with E-state index >= 15 is 0 Å². The van der Waals surface area contributed by atoms with Crippen LogP contribution < -0.4 is 10.2 Å². The van der Waals surface area contributed by atoms with Gasteiger partial charge in [-0.3, -0.25) is 4.79 Å². The van der Waals surface area contributed by atoms with Gasteiger partial charge in [0.15, 0.2) is 6.04 Å². The third-order valence-electron chi connectivity index (χ3n) is 4.85. The lowest BCUT2D eigenvalue weighted by molar-refractivity contribution is -0.918. The second-order valence-electron chi connectivity index (χ2n) is 6.34. The van der Waals surface area contributed by atoms with Gasteiger partial charge in [0.25, 0.3) is 5.91 Å². The lowest BCUT2D eigenvalue weighted by atomic mass is 10.1. The largest absolute Gasteiger partial charge is 0.464 e. The van der Waals surface area contributed by atoms with Crippen molar-refractivity contribution in [3.63, 3.8) is 0 Å². The maximum Gasteiger partial charge on any atom is 0.356 e. The van der Waals surface area contributed by atoms with Gasteiger partial charge in [-0.2, -0.15) is 0 Å². The summed E-state index contributed by atoms with van der Waals surface area (Å²) in [5.74, 6) is -0.554. The molecule has 1 aliphatic rings. The van der Waals surface area contributed by atoms with Crippen LogP contribution in [-0.4, -0.2) is 43.1 Å². The van der Waals surface area contributed by atoms with Gasteiger partial charge in [-0.1, -0.05) is 18.2 Å². The number of fused-ring (bicyclic) bond motifs is 1. The average Bonchev–Trinajstić information content (AvgIpc) is 2.99. The molecule has 1 fully saturated rings. The van der Waals surface area contributed by atoms with Gasteiger partial charge in [0.05, 0.1) is 25.9 Å². The Morgan fingerprint density at radius 2 is 1.92 bits per heavy atom. The number of anilines is 1. The van der Waals surface area contributed by atoms with Crippen molar-refractivity contribution in [1.82, 2.24) is 4.98 Å². The lowest BCUT2D eigenvalue weighted by Crippen LogP contribution is -3.17. The topological polar surface area (TPSA) is 75.6 Å². The Hall–Kier alpha value is -2.34. The van der Waals surface area contributed by atoms with Crippen LogP contribution in [0, 0.1) is 0 Å². The number of para-hydroxylation sites is 1. The van der Waals surface area contributed by atoms with Gasteiger partial charge >= 0.3 is 5.97 Å². The summed E-state index contributed by atoms with van der Waals surface area (Å²) in [6.07, 6.45) is 3.56. The van der Waals surface area contributed by atoms with E-state index in [1.165, 1.54) is 18.4 Å². The van der Waals surface area contributed by atoms with E-state index in [2.05, 4.69) is 10.3 Å². The van der Waals surface area contributed by atoms with Crippen LogP contribution in [0.25, 0.3) is 10.9 Å². The minimum Gasteiger partial charge on any atom is -0.464 e. The molecule has 0 unspecified atom stereocenters. The Morgan fingerprint density at radius 3 is 2.62 bits per heavy atom. The highest BCUT2D eigenvalue weighted by Crippen LogP contribution is 2.28. The molecule has 0 aliphatic carbocycles. The summed E-state index contributed by atoms with van der Waals surface area (Å²) in [5, 5.41) is 3.77. The minimum atomic E-state index is -0.487. The Morgan fingerprint density at radius 1 is 1.21 bits per heavy atom. The number of rotatable bonds is 4. The van der Waals surface area contributed by atoms with E-state index < -0.39 is 5.97 Å². The summed E-state index contributed by atoms with van der Waals surface area (Å²) in [4.78, 5) is 29.1. The Balaban J connectivity index is 1.87. The minimum absolute atomic E-state index is 0.0678. The van der Waals surface area contributed by atoms with Gasteiger partial charge in [-0.15, -0.1) is 0 Å². The van der Waals surface area contributed by atoms with Crippen LogP contribution in [0.15, 0.2) is 24.3 Å². The molecule has 1 aromatic carbocycles. The molecule has 24 heavy (non-hydrogen) atoms. The predicted molar refractivity (Wildman–Crippen MR) is 92.3 cm³/mol. The van der Waals surface area contributed by atoms with Crippen molar-refractivity contribution in [2.45, 2.75) is 32.2 Å². The number of esters is 1. The second-order valence-corrected chi connectivity index (χ2v) is 6.34. The molecule has 0 radical (unpaired) electrons. The number of likely N-dealkylation sites (tertiary alicyclic amines) is 1. The molecule has 128 valence electrons. The smallest absolute Gasteiger partial charge is 0.356 e. The van der Waals surface area contributed by atoms with E-state index in [-0.39, 0.29) is 17.6 Å². The zero-order valence-corrected chi connectivity index (χ0v) is 14.1. The number of piperidine rings is 1. The fourth-order valence-electron chi connectivity index (χ4n) is 3.38. The number of aromatic nitrogens is 1. The van der Waals surface area contributed by atoms with Crippen molar-refractivity contribution in [1.29, 1.82) is 0 Å². The van der Waals surface area contributed by atoms with E-state index in [0.717, 1.165) is 36.8 Å². The van der Waals surface area contributed by atoms with E-state index in [1.807, 2.05) is 31.2 Å². The molecule has 3 N–H and O–H groups in total. The predicted octanol–water partition coefficient (Wildman–Crippen LogP) is 1.35. The first-order valence-corrected chi connectivity index (χ1v) is 8.46. The molecular weight excluding hydrogens is 306 g/mol. The quantitative estimate of drug-likeness (QED) is 0.741. The summed E-state index contributed by atoms with van der Waals surface area (Å²) in [7, 11) is 1.33. The number of ether oxygens (including phenoxy) is 1.